The van der Waals surface area contributed by atoms with Gasteiger partial charge < -0.3 is 25.6 Å². The van der Waals surface area contributed by atoms with Crippen LogP contribution in [0.15, 0.2) is 83.4 Å². The first-order valence-electron chi connectivity index (χ1n) is 21.1. The van der Waals surface area contributed by atoms with Crippen LogP contribution in [0.3, 0.4) is 0 Å². The molecule has 1 amide bonds. The van der Waals surface area contributed by atoms with Crippen LogP contribution in [-0.4, -0.2) is 91.9 Å². The Balaban J connectivity index is 0.983. The standard InChI is InChI=1S/C45H52Cl2N8O6S/c1-45(2)16-13-30(38(26-45)29-3-5-31(46)6-4-29)28-52-19-21-54(22-20-52)34-9-11-37(42(23-34)61-35-24-39(47)43(48)49-27-35)44(56)51-62(59,60)36-10-12-40(41(25-36)55(57)58)50-32-14-17-53(18-15-32)33-7-8-33/h3-6,9-12,23-25,27,32-33,50H,7-8,13-22,26,28H2,1-2H3,(H2,48,49)(H,51,56). The minimum Gasteiger partial charge on any atom is -0.455 e. The topological polar surface area (TPSA) is 176 Å². The number of allylic oxidation sites excluding steroid dienone is 1. The number of carbonyl (C=O) groups is 1. The highest BCUT2D eigenvalue weighted by molar-refractivity contribution is 7.90. The van der Waals surface area contributed by atoms with Gasteiger partial charge in [-0.2, -0.15) is 0 Å². The minimum absolute atomic E-state index is 0.0169. The molecular formula is C45H52Cl2N8O6S. The van der Waals surface area contributed by atoms with Crippen molar-refractivity contribution in [1.82, 2.24) is 19.5 Å². The Bertz CT molecular complexity index is 2480. The zero-order chi connectivity index (χ0) is 43.8. The summed E-state index contributed by atoms with van der Waals surface area (Å²) in [5.74, 6) is -0.655. The Morgan fingerprint density at radius 2 is 1.69 bits per heavy atom. The highest BCUT2D eigenvalue weighted by Gasteiger charge is 2.34. The van der Waals surface area contributed by atoms with E-state index >= 15 is 0 Å². The number of sulfonamides is 1. The van der Waals surface area contributed by atoms with Gasteiger partial charge in [0.25, 0.3) is 21.6 Å². The average Bonchev–Trinajstić information content (AvgIpc) is 4.10. The van der Waals surface area contributed by atoms with E-state index in [0.29, 0.717) is 19.1 Å². The maximum Gasteiger partial charge on any atom is 0.293 e. The van der Waals surface area contributed by atoms with Crippen molar-refractivity contribution in [1.29, 1.82) is 0 Å². The lowest BCUT2D eigenvalue weighted by atomic mass is 9.72. The molecule has 0 spiro atoms. The van der Waals surface area contributed by atoms with E-state index in [1.807, 2.05) is 12.1 Å². The Labute approximate surface area is 372 Å². The second kappa shape index (κ2) is 18.0. The van der Waals surface area contributed by atoms with E-state index in [9.17, 15) is 23.3 Å². The summed E-state index contributed by atoms with van der Waals surface area (Å²) in [6, 6.07) is 18.8. The molecule has 17 heteroatoms. The number of rotatable bonds is 13. The summed E-state index contributed by atoms with van der Waals surface area (Å²) in [6.45, 7) is 10.3. The minimum atomic E-state index is -4.57. The van der Waals surface area contributed by atoms with Crippen molar-refractivity contribution in [2.45, 2.75) is 75.8 Å². The molecule has 3 aromatic carbocycles. The number of nitrogens with two attached hydrogens (primary N) is 1. The van der Waals surface area contributed by atoms with E-state index in [1.54, 1.807) is 12.1 Å². The van der Waals surface area contributed by atoms with Gasteiger partial charge in [-0.25, -0.2) is 18.1 Å². The van der Waals surface area contributed by atoms with Gasteiger partial charge in [0.15, 0.2) is 0 Å². The fourth-order valence-electron chi connectivity index (χ4n) is 8.75. The fraction of sp³-hybridized carbons (Fsp3) is 0.422. The van der Waals surface area contributed by atoms with Crippen LogP contribution in [-0.2, 0) is 10.0 Å². The summed E-state index contributed by atoms with van der Waals surface area (Å²) in [7, 11) is -4.57. The molecule has 8 rings (SSSR count). The third-order valence-electron chi connectivity index (χ3n) is 12.5. The second-order valence-corrected chi connectivity index (χ2v) is 20.1. The van der Waals surface area contributed by atoms with E-state index < -0.39 is 31.4 Å². The van der Waals surface area contributed by atoms with Crippen LogP contribution in [0.5, 0.6) is 11.5 Å². The zero-order valence-electron chi connectivity index (χ0n) is 34.9. The van der Waals surface area contributed by atoms with Gasteiger partial charge in [-0.3, -0.25) is 19.8 Å². The number of amides is 1. The predicted octanol–water partition coefficient (Wildman–Crippen LogP) is 8.61. The van der Waals surface area contributed by atoms with Gasteiger partial charge in [0.2, 0.25) is 0 Å². The van der Waals surface area contributed by atoms with Crippen LogP contribution in [0.1, 0.15) is 74.7 Å². The maximum absolute atomic E-state index is 13.9. The van der Waals surface area contributed by atoms with Gasteiger partial charge >= 0.3 is 0 Å². The number of nitrogens with one attached hydrogen (secondary N) is 2. The van der Waals surface area contributed by atoms with Crippen molar-refractivity contribution < 1.29 is 22.9 Å². The molecule has 0 unspecified atom stereocenters. The number of pyridine rings is 1. The summed E-state index contributed by atoms with van der Waals surface area (Å²) >= 11 is 12.5. The highest BCUT2D eigenvalue weighted by atomic mass is 35.5. The number of hydrogen-bond acceptors (Lipinski definition) is 12. The number of piperidine rings is 1. The van der Waals surface area contributed by atoms with Gasteiger partial charge in [-0.15, -0.1) is 0 Å². The molecule has 3 heterocycles. The van der Waals surface area contributed by atoms with Crippen molar-refractivity contribution >= 4 is 67.6 Å². The van der Waals surface area contributed by atoms with E-state index in [-0.39, 0.29) is 45.0 Å². The van der Waals surface area contributed by atoms with Crippen LogP contribution >= 0.6 is 23.2 Å². The Morgan fingerprint density at radius 3 is 2.37 bits per heavy atom. The van der Waals surface area contributed by atoms with Gasteiger partial charge in [-0.1, -0.05) is 54.8 Å². The molecular weight excluding hydrogens is 852 g/mol. The molecule has 14 nitrogen and oxygen atoms in total. The number of ether oxygens (including phenoxy) is 1. The third-order valence-corrected chi connectivity index (χ3v) is 14.4. The van der Waals surface area contributed by atoms with Gasteiger partial charge in [0, 0.05) is 86.8 Å². The molecule has 2 aliphatic heterocycles. The molecule has 3 fully saturated rings. The van der Waals surface area contributed by atoms with E-state index in [1.165, 1.54) is 60.0 Å². The normalized spacial score (nSPS) is 19.0. The number of benzene rings is 3. The molecule has 0 radical (unpaired) electrons. The lowest BCUT2D eigenvalue weighted by molar-refractivity contribution is -0.384. The van der Waals surface area contributed by atoms with Crippen LogP contribution in [0.25, 0.3) is 5.57 Å². The second-order valence-electron chi connectivity index (χ2n) is 17.6. The monoisotopic (exact) mass is 902 g/mol. The van der Waals surface area contributed by atoms with Gasteiger partial charge in [-0.05, 0) is 97.9 Å². The number of anilines is 3. The van der Waals surface area contributed by atoms with Crippen molar-refractivity contribution in [3.05, 3.63) is 110 Å². The molecule has 1 saturated carbocycles. The SMILES string of the molecule is CC1(C)CCC(CN2CCN(c3ccc(C(=O)NS(=O)(=O)c4ccc(NC5CCN(C6CC6)CC5)c([N+](=O)[O-])c4)c(Oc4cnc(N)c(Cl)c4)c3)CC2)=C(c2ccc(Cl)cc2)C1. The molecule has 2 saturated heterocycles. The van der Waals surface area contributed by atoms with Crippen LogP contribution in [0.4, 0.5) is 22.9 Å². The first-order chi connectivity index (χ1) is 29.6. The number of hydrogen-bond donors (Lipinski definition) is 3. The summed E-state index contributed by atoms with van der Waals surface area (Å²) < 4.78 is 35.7. The number of nitro benzene ring substituents is 1. The van der Waals surface area contributed by atoms with E-state index in [2.05, 4.69) is 55.7 Å². The number of likely N-dealkylation sites (tertiary alicyclic amines) is 1. The van der Waals surface area contributed by atoms with Crippen molar-refractivity contribution in [2.24, 2.45) is 5.41 Å². The number of carbonyl (C=O) groups excluding carboxylic acids is 1. The largest absolute Gasteiger partial charge is 0.455 e. The summed E-state index contributed by atoms with van der Waals surface area (Å²) in [5, 5.41) is 16.3. The summed E-state index contributed by atoms with van der Waals surface area (Å²) in [6.07, 6.45) is 8.61. The Kier molecular flexibility index (Phi) is 12.7. The summed E-state index contributed by atoms with van der Waals surface area (Å²) in [4.78, 5) is 36.2. The predicted molar refractivity (Wildman–Crippen MR) is 244 cm³/mol. The third kappa shape index (κ3) is 10.3. The van der Waals surface area contributed by atoms with Crippen LogP contribution in [0, 0.1) is 15.5 Å². The van der Waals surface area contributed by atoms with Crippen molar-refractivity contribution in [3.8, 4) is 11.5 Å². The molecule has 0 bridgehead atoms. The summed E-state index contributed by atoms with van der Waals surface area (Å²) in [5.41, 5.74) is 10.6. The molecule has 4 aliphatic rings. The smallest absolute Gasteiger partial charge is 0.293 e. The number of aromatic nitrogens is 1. The van der Waals surface area contributed by atoms with E-state index in [0.717, 1.165) is 81.6 Å². The zero-order valence-corrected chi connectivity index (χ0v) is 37.2. The number of piperazine rings is 1. The van der Waals surface area contributed by atoms with Crippen LogP contribution in [0.2, 0.25) is 10.0 Å². The number of nitrogen functional groups attached to an aromatic ring is 1. The Hall–Kier alpha value is -4.93. The lowest BCUT2D eigenvalue weighted by Crippen LogP contribution is -2.47. The maximum atomic E-state index is 13.9. The fourth-order valence-corrected chi connectivity index (χ4v) is 10.0. The molecule has 328 valence electrons. The molecule has 1 aromatic heterocycles. The van der Waals surface area contributed by atoms with E-state index in [4.69, 9.17) is 33.7 Å². The molecule has 62 heavy (non-hydrogen) atoms. The molecule has 4 N–H and O–H groups in total. The highest BCUT2D eigenvalue weighted by Crippen LogP contribution is 2.44. The Morgan fingerprint density at radius 1 is 0.968 bits per heavy atom. The average molecular weight is 904 g/mol. The quantitative estimate of drug-likeness (QED) is 0.0862. The van der Waals surface area contributed by atoms with Gasteiger partial charge in [0.1, 0.15) is 23.0 Å². The first kappa shape index (κ1) is 43.7. The van der Waals surface area contributed by atoms with Crippen molar-refractivity contribution in [3.63, 3.8) is 0 Å². The lowest BCUT2D eigenvalue weighted by Gasteiger charge is -2.39. The number of nitro groups is 1. The first-order valence-corrected chi connectivity index (χ1v) is 23.4. The number of nitrogens with zero attached hydrogens (tertiary/aromatic N) is 5. The van der Waals surface area contributed by atoms with Crippen molar-refractivity contribution in [2.75, 3.05) is 61.8 Å². The number of halogens is 2. The molecule has 4 aromatic rings. The van der Waals surface area contributed by atoms with Gasteiger partial charge in [0.05, 0.1) is 26.6 Å². The molecule has 2 aliphatic carbocycles. The molecule has 0 atom stereocenters. The van der Waals surface area contributed by atoms with Crippen LogP contribution < -0.4 is 25.4 Å².